The van der Waals surface area contributed by atoms with Crippen LogP contribution in [0.4, 0.5) is 0 Å². The number of aliphatic hydroxyl groups is 1. The van der Waals surface area contributed by atoms with Crippen molar-refractivity contribution in [2.75, 3.05) is 0 Å². The van der Waals surface area contributed by atoms with Gasteiger partial charge in [0.05, 0.1) is 6.10 Å². The van der Waals surface area contributed by atoms with Gasteiger partial charge in [0.1, 0.15) is 17.3 Å². The Morgan fingerprint density at radius 1 is 0.962 bits per heavy atom. The van der Waals surface area contributed by atoms with Gasteiger partial charge in [0.2, 0.25) is 0 Å². The van der Waals surface area contributed by atoms with Crippen LogP contribution in [0.2, 0.25) is 0 Å². The quantitative estimate of drug-likeness (QED) is 0.456. The van der Waals surface area contributed by atoms with E-state index in [9.17, 15) is 24.3 Å². The lowest BCUT2D eigenvalue weighted by atomic mass is 9.84. The second kappa shape index (κ2) is 11.9. The van der Waals surface area contributed by atoms with Gasteiger partial charge in [-0.1, -0.05) is 19.8 Å². The predicted molar refractivity (Wildman–Crippen MR) is 96.7 cm³/mol. The topological polar surface area (TPSA) is 109 Å². The van der Waals surface area contributed by atoms with Gasteiger partial charge in [-0.05, 0) is 31.6 Å². The van der Waals surface area contributed by atoms with E-state index >= 15 is 0 Å². The average Bonchev–Trinajstić information content (AvgIpc) is 2.83. The second-order valence-corrected chi connectivity index (χ2v) is 7.39. The number of Topliss-reactive ketones (excluding diaryl/α,β-unsaturated/α-hetero) is 3. The Kier molecular flexibility index (Phi) is 10.3. The number of carbonyl (C=O) groups is 4. The molecule has 0 radical (unpaired) electrons. The maximum absolute atomic E-state index is 12.1. The molecule has 1 rings (SSSR count). The Labute approximate surface area is 155 Å². The van der Waals surface area contributed by atoms with Crippen LogP contribution in [0.15, 0.2) is 0 Å². The number of hydrogen-bond acceptors (Lipinski definition) is 5. The van der Waals surface area contributed by atoms with Crippen LogP contribution in [0.5, 0.6) is 0 Å². The van der Waals surface area contributed by atoms with Crippen LogP contribution < -0.4 is 0 Å². The average molecular weight is 368 g/mol. The van der Waals surface area contributed by atoms with Crippen molar-refractivity contribution in [2.24, 2.45) is 11.8 Å². The fourth-order valence-electron chi connectivity index (χ4n) is 3.65. The molecule has 2 N–H and O–H groups in total. The highest BCUT2D eigenvalue weighted by atomic mass is 16.4. The van der Waals surface area contributed by atoms with Crippen molar-refractivity contribution in [3.05, 3.63) is 0 Å². The molecule has 0 heterocycles. The van der Waals surface area contributed by atoms with Crippen molar-refractivity contribution in [1.29, 1.82) is 0 Å². The monoisotopic (exact) mass is 368 g/mol. The van der Waals surface area contributed by atoms with Gasteiger partial charge in [0.15, 0.2) is 0 Å². The fourth-order valence-corrected chi connectivity index (χ4v) is 3.65. The third-order valence-corrected chi connectivity index (χ3v) is 5.19. The van der Waals surface area contributed by atoms with Crippen LogP contribution in [0, 0.1) is 11.8 Å². The summed E-state index contributed by atoms with van der Waals surface area (Å²) in [5, 5.41) is 18.7. The first-order valence-electron chi connectivity index (χ1n) is 9.81. The molecule has 3 unspecified atom stereocenters. The lowest BCUT2D eigenvalue weighted by Gasteiger charge is -2.20. The van der Waals surface area contributed by atoms with E-state index in [2.05, 4.69) is 6.92 Å². The smallest absolute Gasteiger partial charge is 0.303 e. The van der Waals surface area contributed by atoms with Crippen molar-refractivity contribution in [3.8, 4) is 0 Å². The van der Waals surface area contributed by atoms with E-state index in [0.717, 1.165) is 19.3 Å². The summed E-state index contributed by atoms with van der Waals surface area (Å²) >= 11 is 0. The van der Waals surface area contributed by atoms with E-state index in [4.69, 9.17) is 5.11 Å². The van der Waals surface area contributed by atoms with Crippen LogP contribution in [-0.4, -0.2) is 39.6 Å². The Hall–Kier alpha value is -1.56. The molecule has 6 heteroatoms. The molecule has 0 bridgehead atoms. The molecule has 1 saturated carbocycles. The van der Waals surface area contributed by atoms with E-state index in [1.165, 1.54) is 0 Å². The van der Waals surface area contributed by atoms with Gasteiger partial charge < -0.3 is 10.2 Å². The summed E-state index contributed by atoms with van der Waals surface area (Å²) in [6.07, 6.45) is 4.92. The van der Waals surface area contributed by atoms with Crippen molar-refractivity contribution in [2.45, 2.75) is 90.1 Å². The zero-order chi connectivity index (χ0) is 19.5. The molecular formula is C20H32O6. The number of aliphatic carboxylic acids is 1. The molecule has 0 spiro atoms. The molecule has 0 aromatic heterocycles. The molecule has 1 aliphatic carbocycles. The zero-order valence-corrected chi connectivity index (χ0v) is 15.7. The molecule has 0 amide bonds. The van der Waals surface area contributed by atoms with Crippen LogP contribution in [0.3, 0.4) is 0 Å². The van der Waals surface area contributed by atoms with Gasteiger partial charge in [-0.25, -0.2) is 0 Å². The van der Waals surface area contributed by atoms with Crippen LogP contribution >= 0.6 is 0 Å². The van der Waals surface area contributed by atoms with E-state index in [1.807, 2.05) is 0 Å². The SMILES string of the molecule is CCCCCC(=O)CCC1C(O)CC(=O)C1CC(=O)CCCCC(=O)O. The molecule has 1 fully saturated rings. The number of unbranched alkanes of at least 4 members (excludes halogenated alkanes) is 3. The van der Waals surface area contributed by atoms with Crippen LogP contribution in [-0.2, 0) is 19.2 Å². The lowest BCUT2D eigenvalue weighted by molar-refractivity contribution is -0.137. The van der Waals surface area contributed by atoms with Gasteiger partial charge in [-0.2, -0.15) is 0 Å². The lowest BCUT2D eigenvalue weighted by Crippen LogP contribution is -2.24. The summed E-state index contributed by atoms with van der Waals surface area (Å²) in [7, 11) is 0. The third-order valence-electron chi connectivity index (χ3n) is 5.19. The van der Waals surface area contributed by atoms with Crippen molar-refractivity contribution in [1.82, 2.24) is 0 Å². The number of carbonyl (C=O) groups excluding carboxylic acids is 3. The second-order valence-electron chi connectivity index (χ2n) is 7.39. The van der Waals surface area contributed by atoms with E-state index in [0.29, 0.717) is 32.1 Å². The summed E-state index contributed by atoms with van der Waals surface area (Å²) in [5.74, 6) is -1.71. The Morgan fingerprint density at radius 2 is 1.58 bits per heavy atom. The molecule has 3 atom stereocenters. The predicted octanol–water partition coefficient (Wildman–Crippen LogP) is 3.09. The van der Waals surface area contributed by atoms with E-state index in [1.54, 1.807) is 0 Å². The molecular weight excluding hydrogens is 336 g/mol. The van der Waals surface area contributed by atoms with Crippen LogP contribution in [0.1, 0.15) is 84.0 Å². The van der Waals surface area contributed by atoms with E-state index < -0.39 is 18.0 Å². The first kappa shape index (κ1) is 22.5. The summed E-state index contributed by atoms with van der Waals surface area (Å²) in [6.45, 7) is 2.08. The minimum atomic E-state index is -0.879. The molecule has 0 aromatic carbocycles. The highest BCUT2D eigenvalue weighted by molar-refractivity contribution is 5.90. The Balaban J connectivity index is 2.43. The first-order chi connectivity index (χ1) is 12.3. The number of rotatable bonds is 14. The molecule has 6 nitrogen and oxygen atoms in total. The van der Waals surface area contributed by atoms with Crippen LogP contribution in [0.25, 0.3) is 0 Å². The van der Waals surface area contributed by atoms with E-state index in [-0.39, 0.29) is 49.0 Å². The number of carboxylic acid groups (broad SMARTS) is 1. The van der Waals surface area contributed by atoms with Crippen molar-refractivity contribution < 1.29 is 29.4 Å². The number of hydrogen-bond donors (Lipinski definition) is 2. The van der Waals surface area contributed by atoms with Gasteiger partial charge >= 0.3 is 5.97 Å². The van der Waals surface area contributed by atoms with Crippen molar-refractivity contribution in [3.63, 3.8) is 0 Å². The number of ketones is 3. The summed E-state index contributed by atoms with van der Waals surface area (Å²) < 4.78 is 0. The normalized spacial score (nSPS) is 22.5. The third kappa shape index (κ3) is 8.21. The molecule has 26 heavy (non-hydrogen) atoms. The first-order valence-corrected chi connectivity index (χ1v) is 9.81. The Morgan fingerprint density at radius 3 is 2.23 bits per heavy atom. The van der Waals surface area contributed by atoms with Gasteiger partial charge in [-0.3, -0.25) is 19.2 Å². The standard InChI is InChI=1S/C20H32O6/c1-2-3-4-7-14(21)10-11-16-17(19(24)13-18(16)23)12-15(22)8-5-6-9-20(25)26/h16-18,23H,2-13H2,1H3,(H,25,26). The largest absolute Gasteiger partial charge is 0.481 e. The summed E-state index contributed by atoms with van der Waals surface area (Å²) in [6, 6.07) is 0. The minimum Gasteiger partial charge on any atom is -0.481 e. The molecule has 0 aliphatic heterocycles. The summed E-state index contributed by atoms with van der Waals surface area (Å²) in [5.41, 5.74) is 0. The number of carboxylic acids is 1. The van der Waals surface area contributed by atoms with Crippen molar-refractivity contribution >= 4 is 23.3 Å². The molecule has 0 saturated heterocycles. The van der Waals surface area contributed by atoms with Gasteiger partial charge in [-0.15, -0.1) is 0 Å². The van der Waals surface area contributed by atoms with Gasteiger partial charge in [0.25, 0.3) is 0 Å². The van der Waals surface area contributed by atoms with Gasteiger partial charge in [0, 0.05) is 44.4 Å². The minimum absolute atomic E-state index is 0.0388. The maximum Gasteiger partial charge on any atom is 0.303 e. The highest BCUT2D eigenvalue weighted by Crippen LogP contribution is 2.35. The molecule has 148 valence electrons. The Bertz CT molecular complexity index is 499. The maximum atomic E-state index is 12.1. The fraction of sp³-hybridized carbons (Fsp3) is 0.800. The zero-order valence-electron chi connectivity index (χ0n) is 15.7. The number of aliphatic hydroxyl groups excluding tert-OH is 1. The molecule has 1 aliphatic rings. The highest BCUT2D eigenvalue weighted by Gasteiger charge is 2.41. The molecule has 0 aromatic rings. The summed E-state index contributed by atoms with van der Waals surface area (Å²) in [4.78, 5) is 46.6.